The van der Waals surface area contributed by atoms with Crippen molar-refractivity contribution in [3.8, 4) is 0 Å². The van der Waals surface area contributed by atoms with Crippen molar-refractivity contribution in [2.75, 3.05) is 17.2 Å². The van der Waals surface area contributed by atoms with Crippen molar-refractivity contribution in [2.24, 2.45) is 0 Å². The standard InChI is InChI=1S/C16H23N3O2/c1-3-6-15-9-5-10-19(15)16(21)18-14-8-4-7-13(11-14)17-12(2)20/h4,7-8,11,15H,3,5-6,9-10H2,1-2H3,(H,17,20)(H,18,21)/t15-/m0/s1. The minimum atomic E-state index is -0.124. The van der Waals surface area contributed by atoms with Crippen molar-refractivity contribution >= 4 is 23.3 Å². The number of carbonyl (C=O) groups excluding carboxylic acids is 2. The fourth-order valence-corrected chi connectivity index (χ4v) is 2.81. The van der Waals surface area contributed by atoms with Crippen molar-refractivity contribution in [3.63, 3.8) is 0 Å². The Bertz CT molecular complexity index is 516. The van der Waals surface area contributed by atoms with Crippen LogP contribution in [0.1, 0.15) is 39.5 Å². The third-order valence-electron chi connectivity index (χ3n) is 3.69. The van der Waals surface area contributed by atoms with Crippen LogP contribution in [0.25, 0.3) is 0 Å². The highest BCUT2D eigenvalue weighted by atomic mass is 16.2. The Kier molecular flexibility index (Phi) is 5.20. The molecule has 1 fully saturated rings. The Labute approximate surface area is 125 Å². The average Bonchev–Trinajstić information content (AvgIpc) is 2.87. The van der Waals surface area contributed by atoms with Crippen LogP contribution in [0.5, 0.6) is 0 Å². The molecule has 1 saturated heterocycles. The van der Waals surface area contributed by atoms with Gasteiger partial charge in [0.05, 0.1) is 0 Å². The molecule has 5 heteroatoms. The third kappa shape index (κ3) is 4.21. The number of likely N-dealkylation sites (tertiary alicyclic amines) is 1. The van der Waals surface area contributed by atoms with Crippen molar-refractivity contribution in [1.29, 1.82) is 0 Å². The Morgan fingerprint density at radius 1 is 1.29 bits per heavy atom. The van der Waals surface area contributed by atoms with E-state index in [1.165, 1.54) is 6.92 Å². The van der Waals surface area contributed by atoms with Gasteiger partial charge in [0.15, 0.2) is 0 Å². The van der Waals surface area contributed by atoms with Crippen molar-refractivity contribution in [1.82, 2.24) is 4.90 Å². The molecule has 114 valence electrons. The lowest BCUT2D eigenvalue weighted by molar-refractivity contribution is -0.114. The highest BCUT2D eigenvalue weighted by Crippen LogP contribution is 2.23. The molecule has 1 aliphatic rings. The molecule has 5 nitrogen and oxygen atoms in total. The van der Waals surface area contributed by atoms with Gasteiger partial charge in [-0.2, -0.15) is 0 Å². The van der Waals surface area contributed by atoms with E-state index in [4.69, 9.17) is 0 Å². The first kappa shape index (κ1) is 15.4. The van der Waals surface area contributed by atoms with Gasteiger partial charge in [0, 0.05) is 30.9 Å². The van der Waals surface area contributed by atoms with Crippen LogP contribution in [0.4, 0.5) is 16.2 Å². The number of amides is 3. The molecule has 1 aromatic rings. The van der Waals surface area contributed by atoms with Crippen LogP contribution in [-0.2, 0) is 4.79 Å². The Balaban J connectivity index is 2.00. The molecule has 3 amide bonds. The van der Waals surface area contributed by atoms with Crippen LogP contribution in [-0.4, -0.2) is 29.4 Å². The van der Waals surface area contributed by atoms with Gasteiger partial charge in [-0.15, -0.1) is 0 Å². The summed E-state index contributed by atoms with van der Waals surface area (Å²) in [6, 6.07) is 7.51. The number of anilines is 2. The fourth-order valence-electron chi connectivity index (χ4n) is 2.81. The van der Waals surface area contributed by atoms with E-state index in [2.05, 4.69) is 17.6 Å². The molecule has 0 bridgehead atoms. The van der Waals surface area contributed by atoms with Crippen LogP contribution < -0.4 is 10.6 Å². The second-order valence-electron chi connectivity index (χ2n) is 5.47. The largest absolute Gasteiger partial charge is 0.326 e. The number of hydrogen-bond acceptors (Lipinski definition) is 2. The molecular weight excluding hydrogens is 266 g/mol. The molecule has 0 aliphatic carbocycles. The van der Waals surface area contributed by atoms with E-state index in [0.717, 1.165) is 32.2 Å². The van der Waals surface area contributed by atoms with Gasteiger partial charge in [0.2, 0.25) is 5.91 Å². The normalized spacial score (nSPS) is 17.6. The van der Waals surface area contributed by atoms with Crippen molar-refractivity contribution in [3.05, 3.63) is 24.3 Å². The van der Waals surface area contributed by atoms with Crippen LogP contribution >= 0.6 is 0 Å². The Morgan fingerprint density at radius 2 is 2.00 bits per heavy atom. The maximum absolute atomic E-state index is 12.4. The first-order chi connectivity index (χ1) is 10.1. The van der Waals surface area contributed by atoms with Crippen LogP contribution in [0.3, 0.4) is 0 Å². The molecule has 0 radical (unpaired) electrons. The van der Waals surface area contributed by atoms with E-state index in [1.54, 1.807) is 12.1 Å². The minimum Gasteiger partial charge on any atom is -0.326 e. The topological polar surface area (TPSA) is 61.4 Å². The van der Waals surface area contributed by atoms with Gasteiger partial charge in [0.1, 0.15) is 0 Å². The average molecular weight is 289 g/mol. The van der Waals surface area contributed by atoms with Crippen molar-refractivity contribution in [2.45, 2.75) is 45.6 Å². The van der Waals surface area contributed by atoms with Gasteiger partial charge in [-0.1, -0.05) is 19.4 Å². The predicted octanol–water partition coefficient (Wildman–Crippen LogP) is 3.44. The van der Waals surface area contributed by atoms with E-state index in [0.29, 0.717) is 17.4 Å². The monoisotopic (exact) mass is 289 g/mol. The van der Waals surface area contributed by atoms with E-state index >= 15 is 0 Å². The third-order valence-corrected chi connectivity index (χ3v) is 3.69. The molecular formula is C16H23N3O2. The smallest absolute Gasteiger partial charge is 0.322 e. The van der Waals surface area contributed by atoms with Gasteiger partial charge in [-0.05, 0) is 37.5 Å². The zero-order valence-electron chi connectivity index (χ0n) is 12.7. The number of benzene rings is 1. The SMILES string of the molecule is CCC[C@H]1CCCN1C(=O)Nc1cccc(NC(C)=O)c1. The van der Waals surface area contributed by atoms with E-state index in [1.807, 2.05) is 17.0 Å². The molecule has 0 saturated carbocycles. The minimum absolute atomic E-state index is 0.0501. The molecule has 0 aromatic heterocycles. The fraction of sp³-hybridized carbons (Fsp3) is 0.500. The summed E-state index contributed by atoms with van der Waals surface area (Å²) in [5.41, 5.74) is 1.39. The zero-order valence-corrected chi connectivity index (χ0v) is 12.7. The number of carbonyl (C=O) groups is 2. The zero-order chi connectivity index (χ0) is 15.2. The highest BCUT2D eigenvalue weighted by molar-refractivity contribution is 5.92. The number of nitrogens with zero attached hydrogens (tertiary/aromatic N) is 1. The first-order valence-electron chi connectivity index (χ1n) is 7.55. The molecule has 21 heavy (non-hydrogen) atoms. The molecule has 0 unspecified atom stereocenters. The Morgan fingerprint density at radius 3 is 2.67 bits per heavy atom. The molecule has 1 aliphatic heterocycles. The number of hydrogen-bond donors (Lipinski definition) is 2. The lowest BCUT2D eigenvalue weighted by atomic mass is 10.1. The summed E-state index contributed by atoms with van der Waals surface area (Å²) in [5.74, 6) is -0.124. The lowest BCUT2D eigenvalue weighted by Crippen LogP contribution is -2.38. The Hall–Kier alpha value is -2.04. The molecule has 1 heterocycles. The summed E-state index contributed by atoms with van der Waals surface area (Å²) in [4.78, 5) is 25.4. The summed E-state index contributed by atoms with van der Waals surface area (Å²) in [5, 5.41) is 5.63. The van der Waals surface area contributed by atoms with Crippen LogP contribution in [0.2, 0.25) is 0 Å². The molecule has 0 spiro atoms. The molecule has 2 N–H and O–H groups in total. The maximum Gasteiger partial charge on any atom is 0.322 e. The highest BCUT2D eigenvalue weighted by Gasteiger charge is 2.27. The summed E-state index contributed by atoms with van der Waals surface area (Å²) in [7, 11) is 0. The second kappa shape index (κ2) is 7.11. The number of rotatable bonds is 4. The quantitative estimate of drug-likeness (QED) is 0.892. The van der Waals surface area contributed by atoms with E-state index in [-0.39, 0.29) is 11.9 Å². The second-order valence-corrected chi connectivity index (χ2v) is 5.47. The predicted molar refractivity (Wildman–Crippen MR) is 84.4 cm³/mol. The summed E-state index contributed by atoms with van der Waals surface area (Å²) in [6.07, 6.45) is 4.31. The molecule has 1 aromatic carbocycles. The van der Waals surface area contributed by atoms with Crippen molar-refractivity contribution < 1.29 is 9.59 Å². The number of nitrogens with one attached hydrogen (secondary N) is 2. The lowest BCUT2D eigenvalue weighted by Gasteiger charge is -2.24. The first-order valence-corrected chi connectivity index (χ1v) is 7.55. The summed E-state index contributed by atoms with van der Waals surface area (Å²) < 4.78 is 0. The van der Waals surface area contributed by atoms with E-state index in [9.17, 15) is 9.59 Å². The summed E-state index contributed by atoms with van der Waals surface area (Å²) in [6.45, 7) is 4.43. The van der Waals surface area contributed by atoms with Gasteiger partial charge >= 0.3 is 6.03 Å². The van der Waals surface area contributed by atoms with Crippen LogP contribution in [0.15, 0.2) is 24.3 Å². The van der Waals surface area contributed by atoms with Gasteiger partial charge in [0.25, 0.3) is 0 Å². The summed E-state index contributed by atoms with van der Waals surface area (Å²) >= 11 is 0. The van der Waals surface area contributed by atoms with Gasteiger partial charge in [-0.25, -0.2) is 4.79 Å². The number of urea groups is 1. The van der Waals surface area contributed by atoms with Gasteiger partial charge in [-0.3, -0.25) is 4.79 Å². The molecule has 2 rings (SSSR count). The van der Waals surface area contributed by atoms with Gasteiger partial charge < -0.3 is 15.5 Å². The van der Waals surface area contributed by atoms with E-state index < -0.39 is 0 Å². The van der Waals surface area contributed by atoms with Crippen LogP contribution in [0, 0.1) is 0 Å². The maximum atomic E-state index is 12.4. The molecule has 1 atom stereocenters.